The van der Waals surface area contributed by atoms with Crippen LogP contribution in [0, 0.1) is 10.1 Å². The lowest BCUT2D eigenvalue weighted by atomic mass is 9.91. The molecule has 0 radical (unpaired) electrons. The molecule has 5 heteroatoms. The smallest absolute Gasteiger partial charge is 0.312 e. The number of nitro benzene ring substituents is 1. The van der Waals surface area contributed by atoms with Gasteiger partial charge >= 0.3 is 5.69 Å². The minimum absolute atomic E-state index is 0.152. The van der Waals surface area contributed by atoms with Gasteiger partial charge in [-0.25, -0.2) is 0 Å². The molecule has 1 aliphatic rings. The van der Waals surface area contributed by atoms with E-state index < -0.39 is 10.7 Å². The number of fused-ring (bicyclic) bond motifs is 1. The lowest BCUT2D eigenvalue weighted by molar-refractivity contribution is -0.385. The van der Waals surface area contributed by atoms with Gasteiger partial charge in [-0.05, 0) is 36.8 Å². The summed E-state index contributed by atoms with van der Waals surface area (Å²) in [4.78, 5) is 10.0. The van der Waals surface area contributed by atoms with Crippen LogP contribution in [0.1, 0.15) is 24.0 Å². The lowest BCUT2D eigenvalue weighted by Gasteiger charge is -2.17. The Kier molecular flexibility index (Phi) is 2.52. The number of nitro groups is 1. The molecule has 0 amide bonds. The molecular formula is C10H10ClNO3. The van der Waals surface area contributed by atoms with Crippen molar-refractivity contribution >= 4 is 17.3 Å². The van der Waals surface area contributed by atoms with Crippen LogP contribution in [-0.4, -0.2) is 10.0 Å². The average Bonchev–Trinajstić information content (AvgIpc) is 2.23. The van der Waals surface area contributed by atoms with Crippen molar-refractivity contribution in [1.29, 1.82) is 0 Å². The van der Waals surface area contributed by atoms with Gasteiger partial charge in [-0.1, -0.05) is 11.6 Å². The van der Waals surface area contributed by atoms with E-state index in [-0.39, 0.29) is 10.7 Å². The van der Waals surface area contributed by atoms with Crippen LogP contribution in [0.3, 0.4) is 0 Å². The zero-order valence-electron chi connectivity index (χ0n) is 7.99. The molecule has 0 aromatic heterocycles. The fourth-order valence-electron chi connectivity index (χ4n) is 1.97. The van der Waals surface area contributed by atoms with E-state index in [0.717, 1.165) is 36.8 Å². The van der Waals surface area contributed by atoms with E-state index in [1.165, 1.54) is 6.07 Å². The van der Waals surface area contributed by atoms with Gasteiger partial charge in [0, 0.05) is 6.07 Å². The third-order valence-electron chi connectivity index (χ3n) is 2.73. The van der Waals surface area contributed by atoms with Crippen LogP contribution in [-0.2, 0) is 12.8 Å². The molecule has 0 heterocycles. The summed E-state index contributed by atoms with van der Waals surface area (Å²) in [6.45, 7) is 0. The Labute approximate surface area is 91.6 Å². The van der Waals surface area contributed by atoms with Crippen LogP contribution < -0.4 is 0 Å². The topological polar surface area (TPSA) is 63.4 Å². The molecule has 4 nitrogen and oxygen atoms in total. The summed E-state index contributed by atoms with van der Waals surface area (Å²) >= 11 is 5.91. The molecule has 80 valence electrons. The summed E-state index contributed by atoms with van der Waals surface area (Å²) in [7, 11) is 0. The molecule has 0 aliphatic heterocycles. The van der Waals surface area contributed by atoms with Crippen molar-refractivity contribution in [2.24, 2.45) is 0 Å². The monoisotopic (exact) mass is 227 g/mol. The van der Waals surface area contributed by atoms with Gasteiger partial charge in [0.05, 0.1) is 9.95 Å². The maximum Gasteiger partial charge on any atom is 0.312 e. The highest BCUT2D eigenvalue weighted by atomic mass is 35.5. The van der Waals surface area contributed by atoms with Crippen molar-refractivity contribution in [2.75, 3.05) is 0 Å². The SMILES string of the molecule is O=[N+]([O-])c1cc2c(c(Cl)c1O)CCCC2. The van der Waals surface area contributed by atoms with Crippen molar-refractivity contribution in [3.8, 4) is 5.75 Å². The molecule has 1 aromatic rings. The second-order valence-corrected chi connectivity index (χ2v) is 4.04. The molecule has 2 rings (SSSR count). The second kappa shape index (κ2) is 3.70. The number of aromatic hydroxyl groups is 1. The average molecular weight is 228 g/mol. The summed E-state index contributed by atoms with van der Waals surface area (Å²) in [5.41, 5.74) is 1.47. The van der Waals surface area contributed by atoms with E-state index in [1.54, 1.807) is 0 Å². The standard InChI is InChI=1S/C10H10ClNO3/c11-9-7-4-2-1-3-6(7)5-8(10(9)13)12(14)15/h5,13H,1-4H2. The Morgan fingerprint density at radius 2 is 2.07 bits per heavy atom. The highest BCUT2D eigenvalue weighted by molar-refractivity contribution is 6.33. The fraction of sp³-hybridized carbons (Fsp3) is 0.400. The van der Waals surface area contributed by atoms with Gasteiger partial charge in [0.15, 0.2) is 0 Å². The first-order valence-electron chi connectivity index (χ1n) is 4.79. The maximum atomic E-state index is 10.6. The zero-order valence-corrected chi connectivity index (χ0v) is 8.75. The third-order valence-corrected chi connectivity index (χ3v) is 3.14. The number of nitrogens with zero attached hydrogens (tertiary/aromatic N) is 1. The second-order valence-electron chi connectivity index (χ2n) is 3.66. The Balaban J connectivity index is 2.63. The first-order chi connectivity index (χ1) is 7.11. The van der Waals surface area contributed by atoms with Crippen LogP contribution in [0.2, 0.25) is 5.02 Å². The third kappa shape index (κ3) is 1.65. The largest absolute Gasteiger partial charge is 0.501 e. The van der Waals surface area contributed by atoms with Crippen LogP contribution >= 0.6 is 11.6 Å². The first-order valence-corrected chi connectivity index (χ1v) is 5.16. The zero-order chi connectivity index (χ0) is 11.0. The van der Waals surface area contributed by atoms with Gasteiger partial charge in [0.25, 0.3) is 0 Å². The number of benzene rings is 1. The van der Waals surface area contributed by atoms with Crippen molar-refractivity contribution in [1.82, 2.24) is 0 Å². The quantitative estimate of drug-likeness (QED) is 0.593. The molecule has 0 bridgehead atoms. The fourth-order valence-corrected chi connectivity index (χ4v) is 2.28. The predicted octanol–water partition coefficient (Wildman–Crippen LogP) is 2.83. The highest BCUT2D eigenvalue weighted by Crippen LogP contribution is 2.40. The van der Waals surface area contributed by atoms with E-state index in [9.17, 15) is 15.2 Å². The first kappa shape index (κ1) is 10.2. The summed E-state index contributed by atoms with van der Waals surface area (Å²) in [6.07, 6.45) is 3.63. The van der Waals surface area contributed by atoms with Crippen molar-refractivity contribution < 1.29 is 10.0 Å². The molecule has 1 N–H and O–H groups in total. The number of halogens is 1. The summed E-state index contributed by atoms with van der Waals surface area (Å²) in [5.74, 6) is -0.401. The maximum absolute atomic E-state index is 10.6. The number of rotatable bonds is 1. The van der Waals surface area contributed by atoms with Crippen molar-refractivity contribution in [2.45, 2.75) is 25.7 Å². The predicted molar refractivity (Wildman–Crippen MR) is 56.4 cm³/mol. The van der Waals surface area contributed by atoms with Crippen LogP contribution in [0.5, 0.6) is 5.75 Å². The summed E-state index contributed by atoms with van der Waals surface area (Å²) in [6, 6.07) is 1.44. The van der Waals surface area contributed by atoms with Gasteiger partial charge < -0.3 is 5.11 Å². The minimum atomic E-state index is -0.601. The van der Waals surface area contributed by atoms with Crippen molar-refractivity contribution in [3.05, 3.63) is 32.3 Å². The molecule has 0 spiro atoms. The number of hydrogen-bond acceptors (Lipinski definition) is 3. The Bertz CT molecular complexity index is 431. The Morgan fingerprint density at radius 3 is 2.73 bits per heavy atom. The molecule has 0 atom stereocenters. The van der Waals surface area contributed by atoms with Gasteiger partial charge in [-0.3, -0.25) is 10.1 Å². The molecule has 0 unspecified atom stereocenters. The van der Waals surface area contributed by atoms with Crippen LogP contribution in [0.4, 0.5) is 5.69 Å². The van der Waals surface area contributed by atoms with Gasteiger partial charge in [0.2, 0.25) is 5.75 Å². The number of phenols is 1. The lowest BCUT2D eigenvalue weighted by Crippen LogP contribution is -2.05. The normalized spacial score (nSPS) is 14.7. The van der Waals surface area contributed by atoms with Crippen LogP contribution in [0.25, 0.3) is 0 Å². The van der Waals surface area contributed by atoms with E-state index in [0.29, 0.717) is 0 Å². The number of hydrogen-bond donors (Lipinski definition) is 1. The van der Waals surface area contributed by atoms with E-state index >= 15 is 0 Å². The van der Waals surface area contributed by atoms with Crippen molar-refractivity contribution in [3.63, 3.8) is 0 Å². The molecule has 1 aromatic carbocycles. The van der Waals surface area contributed by atoms with Gasteiger partial charge in [-0.2, -0.15) is 0 Å². The van der Waals surface area contributed by atoms with E-state index in [2.05, 4.69) is 0 Å². The highest BCUT2D eigenvalue weighted by Gasteiger charge is 2.24. The Hall–Kier alpha value is -1.29. The minimum Gasteiger partial charge on any atom is -0.501 e. The molecular weight excluding hydrogens is 218 g/mol. The molecule has 0 saturated heterocycles. The molecule has 15 heavy (non-hydrogen) atoms. The number of aryl methyl sites for hydroxylation is 1. The van der Waals surface area contributed by atoms with Crippen LogP contribution in [0.15, 0.2) is 6.07 Å². The molecule has 1 aliphatic carbocycles. The van der Waals surface area contributed by atoms with E-state index in [4.69, 9.17) is 11.6 Å². The Morgan fingerprint density at radius 1 is 1.40 bits per heavy atom. The summed E-state index contributed by atoms with van der Waals surface area (Å²) in [5, 5.41) is 20.3. The summed E-state index contributed by atoms with van der Waals surface area (Å²) < 4.78 is 0. The number of phenolic OH excluding ortho intramolecular Hbond substituents is 1. The van der Waals surface area contributed by atoms with Gasteiger partial charge in [-0.15, -0.1) is 0 Å². The van der Waals surface area contributed by atoms with Gasteiger partial charge in [0.1, 0.15) is 0 Å². The molecule has 0 saturated carbocycles. The van der Waals surface area contributed by atoms with E-state index in [1.807, 2.05) is 0 Å². The molecule has 0 fully saturated rings.